The molecular formula is C16H11ClF4N6O. The number of carbonyl (C=O) groups is 1. The van der Waals surface area contributed by atoms with Gasteiger partial charge in [-0.15, -0.1) is 0 Å². The lowest BCUT2D eigenvalue weighted by atomic mass is 10.1. The number of hydrogen-bond acceptors (Lipinski definition) is 5. The van der Waals surface area contributed by atoms with Crippen molar-refractivity contribution >= 4 is 17.5 Å². The van der Waals surface area contributed by atoms with E-state index in [-0.39, 0.29) is 11.8 Å². The van der Waals surface area contributed by atoms with E-state index in [0.29, 0.717) is 12.1 Å². The molecular weight excluding hydrogens is 404 g/mol. The van der Waals surface area contributed by atoms with Gasteiger partial charge in [-0.3, -0.25) is 4.79 Å². The first-order valence-corrected chi connectivity index (χ1v) is 8.10. The molecule has 7 nitrogen and oxygen atoms in total. The minimum Gasteiger partial charge on any atom is -0.342 e. The molecule has 2 aromatic heterocycles. The maximum Gasteiger partial charge on any atom is 0.416 e. The van der Waals surface area contributed by atoms with Gasteiger partial charge >= 0.3 is 6.18 Å². The minimum atomic E-state index is -4.79. The Morgan fingerprint density at radius 1 is 1.21 bits per heavy atom. The van der Waals surface area contributed by atoms with Gasteiger partial charge < -0.3 is 5.32 Å². The lowest BCUT2D eigenvalue weighted by Gasteiger charge is -2.15. The van der Waals surface area contributed by atoms with Crippen LogP contribution in [-0.4, -0.2) is 30.6 Å². The highest BCUT2D eigenvalue weighted by Gasteiger charge is 2.33. The molecule has 2 heterocycles. The molecule has 0 aliphatic rings. The van der Waals surface area contributed by atoms with Crippen molar-refractivity contribution in [3.63, 3.8) is 0 Å². The largest absolute Gasteiger partial charge is 0.416 e. The van der Waals surface area contributed by atoms with E-state index < -0.39 is 40.1 Å². The predicted octanol–water partition coefficient (Wildman–Crippen LogP) is 3.36. The van der Waals surface area contributed by atoms with Gasteiger partial charge in [0.25, 0.3) is 11.9 Å². The van der Waals surface area contributed by atoms with Gasteiger partial charge in [-0.2, -0.15) is 23.0 Å². The van der Waals surface area contributed by atoms with E-state index in [1.54, 1.807) is 6.07 Å². The van der Waals surface area contributed by atoms with Gasteiger partial charge in [0.1, 0.15) is 6.33 Å². The Balaban J connectivity index is 1.89. The van der Waals surface area contributed by atoms with E-state index in [1.807, 2.05) is 0 Å². The summed E-state index contributed by atoms with van der Waals surface area (Å²) in [6.45, 7) is 1.49. The van der Waals surface area contributed by atoms with Crippen molar-refractivity contribution in [1.82, 2.24) is 30.0 Å². The number of rotatable bonds is 4. The maximum atomic E-state index is 14.1. The van der Waals surface area contributed by atoms with E-state index in [1.165, 1.54) is 30.3 Å². The van der Waals surface area contributed by atoms with Crippen LogP contribution in [0.2, 0.25) is 5.02 Å². The van der Waals surface area contributed by atoms with Gasteiger partial charge in [0, 0.05) is 12.4 Å². The van der Waals surface area contributed by atoms with E-state index in [9.17, 15) is 22.4 Å². The van der Waals surface area contributed by atoms with Crippen molar-refractivity contribution in [2.45, 2.75) is 19.1 Å². The highest BCUT2D eigenvalue weighted by molar-refractivity contribution is 6.31. The van der Waals surface area contributed by atoms with Gasteiger partial charge in [0.05, 0.1) is 22.2 Å². The molecule has 0 aliphatic heterocycles. The minimum absolute atomic E-state index is 0.171. The molecule has 0 saturated heterocycles. The molecule has 0 bridgehead atoms. The van der Waals surface area contributed by atoms with Crippen LogP contribution in [0.4, 0.5) is 17.6 Å². The number of alkyl halides is 3. The molecule has 0 saturated carbocycles. The van der Waals surface area contributed by atoms with Crippen LogP contribution in [0.1, 0.15) is 34.7 Å². The molecule has 1 N–H and O–H groups in total. The lowest BCUT2D eigenvalue weighted by molar-refractivity contribution is -0.137. The standard InChI is InChI=1S/C16H11ClF4N6O/c1-8(13-24-7-25-27(13)15-22-3-2-4-23-15)26-14(28)10-5-9(16(19,20)21)6-11(17)12(10)18/h2-8H,1H3,(H,26,28). The van der Waals surface area contributed by atoms with Crippen molar-refractivity contribution in [1.29, 1.82) is 0 Å². The van der Waals surface area contributed by atoms with Crippen LogP contribution in [0.15, 0.2) is 36.9 Å². The summed E-state index contributed by atoms with van der Waals surface area (Å²) in [6.07, 6.45) is -0.660. The first-order valence-electron chi connectivity index (χ1n) is 7.73. The summed E-state index contributed by atoms with van der Waals surface area (Å²) < 4.78 is 54.1. The monoisotopic (exact) mass is 414 g/mol. The van der Waals surface area contributed by atoms with Crippen molar-refractivity contribution in [2.24, 2.45) is 0 Å². The third-order valence-corrected chi connectivity index (χ3v) is 3.93. The first-order chi connectivity index (χ1) is 13.2. The molecule has 12 heteroatoms. The van der Waals surface area contributed by atoms with E-state index in [0.717, 1.165) is 0 Å². The van der Waals surface area contributed by atoms with Gasteiger partial charge in [-0.25, -0.2) is 19.3 Å². The molecule has 0 spiro atoms. The van der Waals surface area contributed by atoms with E-state index >= 15 is 0 Å². The Labute approximate surface area is 160 Å². The molecule has 3 aromatic rings. The molecule has 1 unspecified atom stereocenters. The topological polar surface area (TPSA) is 85.6 Å². The fourth-order valence-electron chi connectivity index (χ4n) is 2.36. The Morgan fingerprint density at radius 3 is 2.54 bits per heavy atom. The van der Waals surface area contributed by atoms with Gasteiger partial charge in [0.15, 0.2) is 11.6 Å². The molecule has 3 rings (SSSR count). The van der Waals surface area contributed by atoms with Crippen LogP contribution in [0, 0.1) is 5.82 Å². The fourth-order valence-corrected chi connectivity index (χ4v) is 2.58. The third-order valence-electron chi connectivity index (χ3n) is 3.65. The molecule has 1 atom stereocenters. The summed E-state index contributed by atoms with van der Waals surface area (Å²) in [5.74, 6) is -1.99. The molecule has 0 radical (unpaired) electrons. The quantitative estimate of drug-likeness (QED) is 0.662. The first kappa shape index (κ1) is 19.7. The van der Waals surface area contributed by atoms with Crippen LogP contribution < -0.4 is 5.32 Å². The average molecular weight is 415 g/mol. The second kappa shape index (κ2) is 7.50. The summed E-state index contributed by atoms with van der Waals surface area (Å²) in [7, 11) is 0. The Hall–Kier alpha value is -3.08. The predicted molar refractivity (Wildman–Crippen MR) is 89.2 cm³/mol. The van der Waals surface area contributed by atoms with Gasteiger partial charge in [-0.1, -0.05) is 11.6 Å². The van der Waals surface area contributed by atoms with E-state index in [4.69, 9.17) is 11.6 Å². The number of carbonyl (C=O) groups excluding carboxylic acids is 1. The molecule has 146 valence electrons. The van der Waals surface area contributed by atoms with Crippen LogP contribution >= 0.6 is 11.6 Å². The number of aromatic nitrogens is 5. The SMILES string of the molecule is CC(NC(=O)c1cc(C(F)(F)F)cc(Cl)c1F)c1ncnn1-c1ncccn1. The van der Waals surface area contributed by atoms with Crippen molar-refractivity contribution in [3.05, 3.63) is 64.7 Å². The molecule has 1 amide bonds. The smallest absolute Gasteiger partial charge is 0.342 e. The highest BCUT2D eigenvalue weighted by Crippen LogP contribution is 2.33. The normalized spacial score (nSPS) is 12.6. The Kier molecular flexibility index (Phi) is 5.27. The van der Waals surface area contributed by atoms with Gasteiger partial charge in [-0.05, 0) is 25.1 Å². The molecule has 28 heavy (non-hydrogen) atoms. The summed E-state index contributed by atoms with van der Waals surface area (Å²) in [5, 5.41) is 5.51. The Morgan fingerprint density at radius 2 is 1.89 bits per heavy atom. The average Bonchev–Trinajstić information content (AvgIpc) is 3.13. The summed E-state index contributed by atoms with van der Waals surface area (Å²) in [6, 6.07) is 1.55. The van der Waals surface area contributed by atoms with E-state index in [2.05, 4.69) is 25.4 Å². The van der Waals surface area contributed by atoms with Crippen molar-refractivity contribution in [2.75, 3.05) is 0 Å². The van der Waals surface area contributed by atoms with Crippen LogP contribution in [0.25, 0.3) is 5.95 Å². The number of nitrogens with one attached hydrogen (secondary N) is 1. The lowest BCUT2D eigenvalue weighted by Crippen LogP contribution is -2.30. The molecule has 0 aliphatic carbocycles. The number of amides is 1. The molecule has 1 aromatic carbocycles. The summed E-state index contributed by atoms with van der Waals surface area (Å²) >= 11 is 5.51. The summed E-state index contributed by atoms with van der Waals surface area (Å²) in [5.41, 5.74) is -2.08. The maximum absolute atomic E-state index is 14.1. The zero-order valence-corrected chi connectivity index (χ0v) is 14.8. The molecule has 0 fully saturated rings. The number of benzene rings is 1. The van der Waals surface area contributed by atoms with Crippen molar-refractivity contribution in [3.8, 4) is 5.95 Å². The Bertz CT molecular complexity index is 1010. The zero-order valence-electron chi connectivity index (χ0n) is 14.1. The number of nitrogens with zero attached hydrogens (tertiary/aromatic N) is 5. The third kappa shape index (κ3) is 3.93. The second-order valence-corrected chi connectivity index (χ2v) is 6.00. The van der Waals surface area contributed by atoms with Crippen LogP contribution in [0.5, 0.6) is 0 Å². The van der Waals surface area contributed by atoms with Gasteiger partial charge in [0.2, 0.25) is 0 Å². The van der Waals surface area contributed by atoms with Crippen LogP contribution in [-0.2, 0) is 6.18 Å². The zero-order chi connectivity index (χ0) is 20.5. The second-order valence-electron chi connectivity index (χ2n) is 5.59. The van der Waals surface area contributed by atoms with Crippen LogP contribution in [0.3, 0.4) is 0 Å². The van der Waals surface area contributed by atoms with Crippen molar-refractivity contribution < 1.29 is 22.4 Å². The highest BCUT2D eigenvalue weighted by atomic mass is 35.5. The fraction of sp³-hybridized carbons (Fsp3) is 0.188. The number of hydrogen-bond donors (Lipinski definition) is 1. The number of halogens is 5. The summed E-state index contributed by atoms with van der Waals surface area (Å²) in [4.78, 5) is 24.4.